The minimum Gasteiger partial charge on any atom is -0.327 e. The van der Waals surface area contributed by atoms with Crippen LogP contribution in [0.1, 0.15) is 17.7 Å². The van der Waals surface area contributed by atoms with Gasteiger partial charge in [0.05, 0.1) is 0 Å². The van der Waals surface area contributed by atoms with Gasteiger partial charge in [0.25, 0.3) is 0 Å². The Morgan fingerprint density at radius 3 is 2.78 bits per heavy atom. The van der Waals surface area contributed by atoms with E-state index in [9.17, 15) is 0 Å². The molecule has 0 saturated heterocycles. The second-order valence-corrected chi connectivity index (χ2v) is 4.95. The molecule has 1 heterocycles. The van der Waals surface area contributed by atoms with Gasteiger partial charge >= 0.3 is 0 Å². The summed E-state index contributed by atoms with van der Waals surface area (Å²) < 4.78 is 1.89. The van der Waals surface area contributed by atoms with Crippen LogP contribution in [0.2, 0.25) is 5.02 Å². The third kappa shape index (κ3) is 3.34. The van der Waals surface area contributed by atoms with E-state index in [0.29, 0.717) is 0 Å². The summed E-state index contributed by atoms with van der Waals surface area (Å²) in [6, 6.07) is 10.0. The normalized spacial score (nSPS) is 12.6. The monoisotopic (exact) mass is 263 g/mol. The first-order valence-electron chi connectivity index (χ1n) is 6.12. The van der Waals surface area contributed by atoms with Crippen molar-refractivity contribution < 1.29 is 0 Å². The molecule has 1 unspecified atom stereocenters. The van der Waals surface area contributed by atoms with Crippen LogP contribution in [0.15, 0.2) is 36.5 Å². The van der Waals surface area contributed by atoms with Gasteiger partial charge in [-0.15, -0.1) is 0 Å². The molecule has 3 nitrogen and oxygen atoms in total. The number of aryl methyl sites for hydroxylation is 2. The summed E-state index contributed by atoms with van der Waals surface area (Å²) in [5, 5.41) is 4.95. The zero-order chi connectivity index (χ0) is 13.0. The Bertz CT molecular complexity index is 507. The van der Waals surface area contributed by atoms with Gasteiger partial charge in [-0.25, -0.2) is 0 Å². The van der Waals surface area contributed by atoms with E-state index in [2.05, 4.69) is 5.10 Å². The number of rotatable bonds is 5. The Morgan fingerprint density at radius 2 is 2.11 bits per heavy atom. The van der Waals surface area contributed by atoms with E-state index in [4.69, 9.17) is 17.3 Å². The van der Waals surface area contributed by atoms with Crippen molar-refractivity contribution in [2.75, 3.05) is 0 Å². The lowest BCUT2D eigenvalue weighted by molar-refractivity contribution is 0.586. The van der Waals surface area contributed by atoms with Crippen LogP contribution in [0.5, 0.6) is 0 Å². The summed E-state index contributed by atoms with van der Waals surface area (Å²) >= 11 is 6.12. The Balaban J connectivity index is 1.88. The van der Waals surface area contributed by atoms with Crippen LogP contribution in [0.25, 0.3) is 0 Å². The summed E-state index contributed by atoms with van der Waals surface area (Å²) in [6.45, 7) is 0. The van der Waals surface area contributed by atoms with Gasteiger partial charge in [-0.2, -0.15) is 5.10 Å². The van der Waals surface area contributed by atoms with E-state index in [0.717, 1.165) is 29.8 Å². The molecule has 0 radical (unpaired) electrons. The second kappa shape index (κ2) is 6.03. The third-order valence-corrected chi connectivity index (χ3v) is 3.50. The van der Waals surface area contributed by atoms with Crippen LogP contribution in [0.3, 0.4) is 0 Å². The van der Waals surface area contributed by atoms with E-state index < -0.39 is 0 Å². The van der Waals surface area contributed by atoms with Crippen LogP contribution in [0.4, 0.5) is 0 Å². The first kappa shape index (κ1) is 13.1. The van der Waals surface area contributed by atoms with E-state index in [1.54, 1.807) is 0 Å². The topological polar surface area (TPSA) is 43.8 Å². The van der Waals surface area contributed by atoms with Crippen LogP contribution in [-0.4, -0.2) is 15.8 Å². The second-order valence-electron chi connectivity index (χ2n) is 4.54. The van der Waals surface area contributed by atoms with Crippen LogP contribution in [0, 0.1) is 0 Å². The van der Waals surface area contributed by atoms with Gasteiger partial charge in [-0.3, -0.25) is 4.68 Å². The van der Waals surface area contributed by atoms with Crippen molar-refractivity contribution >= 4 is 11.6 Å². The highest BCUT2D eigenvalue weighted by Crippen LogP contribution is 2.17. The maximum Gasteiger partial charge on any atom is 0.0492 e. The van der Waals surface area contributed by atoms with E-state index >= 15 is 0 Å². The summed E-state index contributed by atoms with van der Waals surface area (Å²) in [7, 11) is 1.95. The average Bonchev–Trinajstić information content (AvgIpc) is 2.75. The van der Waals surface area contributed by atoms with E-state index in [-0.39, 0.29) is 6.04 Å². The van der Waals surface area contributed by atoms with Crippen LogP contribution < -0.4 is 5.73 Å². The molecule has 4 heteroatoms. The Kier molecular flexibility index (Phi) is 4.39. The van der Waals surface area contributed by atoms with Crippen molar-refractivity contribution in [1.82, 2.24) is 9.78 Å². The Hall–Kier alpha value is -1.32. The number of benzene rings is 1. The molecule has 2 aromatic rings. The average molecular weight is 264 g/mol. The molecule has 18 heavy (non-hydrogen) atoms. The van der Waals surface area contributed by atoms with Gasteiger partial charge in [0.15, 0.2) is 0 Å². The summed E-state index contributed by atoms with van der Waals surface area (Å²) in [5.41, 5.74) is 8.49. The van der Waals surface area contributed by atoms with Crippen molar-refractivity contribution in [2.45, 2.75) is 25.3 Å². The largest absolute Gasteiger partial charge is 0.327 e. The molecule has 0 fully saturated rings. The number of nitrogens with two attached hydrogens (primary N) is 1. The Labute approximate surface area is 113 Å². The molecule has 0 bridgehead atoms. The molecule has 1 aromatic heterocycles. The summed E-state index contributed by atoms with van der Waals surface area (Å²) in [5.74, 6) is 0. The fourth-order valence-electron chi connectivity index (χ4n) is 2.03. The maximum absolute atomic E-state index is 6.15. The van der Waals surface area contributed by atoms with Gasteiger partial charge < -0.3 is 5.73 Å². The van der Waals surface area contributed by atoms with Gasteiger partial charge in [-0.1, -0.05) is 29.8 Å². The molecule has 2 rings (SSSR count). The molecule has 96 valence electrons. The highest BCUT2D eigenvalue weighted by molar-refractivity contribution is 6.31. The molecule has 0 aliphatic carbocycles. The van der Waals surface area contributed by atoms with Gasteiger partial charge in [0.1, 0.15) is 0 Å². The Morgan fingerprint density at radius 1 is 1.33 bits per heavy atom. The minimum atomic E-state index is 0.125. The number of nitrogens with zero attached hydrogens (tertiary/aromatic N) is 2. The van der Waals surface area contributed by atoms with Crippen LogP contribution >= 0.6 is 11.6 Å². The van der Waals surface area contributed by atoms with Gasteiger partial charge in [-0.05, 0) is 37.0 Å². The maximum atomic E-state index is 6.15. The molecule has 1 atom stereocenters. The molecule has 1 aromatic carbocycles. The van der Waals surface area contributed by atoms with Gasteiger partial charge in [0, 0.05) is 30.0 Å². The van der Waals surface area contributed by atoms with Crippen molar-refractivity contribution in [3.05, 3.63) is 52.8 Å². The molecular formula is C14H18ClN3. The first-order valence-corrected chi connectivity index (χ1v) is 6.50. The zero-order valence-electron chi connectivity index (χ0n) is 10.5. The highest BCUT2D eigenvalue weighted by atomic mass is 35.5. The lowest BCUT2D eigenvalue weighted by Gasteiger charge is -2.12. The van der Waals surface area contributed by atoms with Crippen molar-refractivity contribution in [3.8, 4) is 0 Å². The predicted molar refractivity (Wildman–Crippen MR) is 74.7 cm³/mol. The van der Waals surface area contributed by atoms with Crippen molar-refractivity contribution in [3.63, 3.8) is 0 Å². The van der Waals surface area contributed by atoms with E-state index in [1.165, 1.54) is 5.69 Å². The molecule has 0 aliphatic rings. The molecular weight excluding hydrogens is 246 g/mol. The minimum absolute atomic E-state index is 0.125. The van der Waals surface area contributed by atoms with Gasteiger partial charge in [0.2, 0.25) is 0 Å². The third-order valence-electron chi connectivity index (χ3n) is 3.13. The number of hydrogen-bond acceptors (Lipinski definition) is 2. The fraction of sp³-hybridized carbons (Fsp3) is 0.357. The quantitative estimate of drug-likeness (QED) is 0.901. The van der Waals surface area contributed by atoms with Crippen molar-refractivity contribution in [1.29, 1.82) is 0 Å². The summed E-state index contributed by atoms with van der Waals surface area (Å²) in [6.07, 6.45) is 4.51. The lowest BCUT2D eigenvalue weighted by Crippen LogP contribution is -2.24. The number of aromatic nitrogens is 2. The fourth-order valence-corrected chi connectivity index (χ4v) is 2.24. The smallest absolute Gasteiger partial charge is 0.0492 e. The lowest BCUT2D eigenvalue weighted by atomic mass is 10.0. The molecule has 0 aliphatic heterocycles. The standard InChI is InChI=1S/C14H18ClN3/c1-18-13(8-9-17-18)7-6-12(16)10-11-4-2-3-5-14(11)15/h2-5,8-9,12H,6-7,10,16H2,1H3. The summed E-state index contributed by atoms with van der Waals surface area (Å²) in [4.78, 5) is 0. The van der Waals surface area contributed by atoms with Crippen LogP contribution in [-0.2, 0) is 19.9 Å². The SMILES string of the molecule is Cn1nccc1CCC(N)Cc1ccccc1Cl. The predicted octanol–water partition coefficient (Wildman–Crippen LogP) is 2.58. The molecule has 0 amide bonds. The molecule has 0 saturated carbocycles. The van der Waals surface area contributed by atoms with Crippen molar-refractivity contribution in [2.24, 2.45) is 12.8 Å². The van der Waals surface area contributed by atoms with E-state index in [1.807, 2.05) is 48.3 Å². The molecule has 2 N–H and O–H groups in total. The number of halogens is 1. The zero-order valence-corrected chi connectivity index (χ0v) is 11.3. The number of hydrogen-bond donors (Lipinski definition) is 1. The highest BCUT2D eigenvalue weighted by Gasteiger charge is 2.08. The molecule has 0 spiro atoms. The first-order chi connectivity index (χ1) is 8.66.